The van der Waals surface area contributed by atoms with E-state index in [1.807, 2.05) is 12.3 Å². The van der Waals surface area contributed by atoms with E-state index < -0.39 is 0 Å². The van der Waals surface area contributed by atoms with Crippen LogP contribution in [-0.4, -0.2) is 29.7 Å². The monoisotopic (exact) mass is 456 g/mol. The number of rotatable bonds is 5. The zero-order valence-corrected chi connectivity index (χ0v) is 19.9. The van der Waals surface area contributed by atoms with Crippen LogP contribution in [0.2, 0.25) is 5.02 Å². The van der Waals surface area contributed by atoms with Gasteiger partial charge in [-0.15, -0.1) is 0 Å². The number of hydrogen-bond donors (Lipinski definition) is 2. The van der Waals surface area contributed by atoms with Crippen molar-refractivity contribution in [2.45, 2.75) is 57.3 Å². The van der Waals surface area contributed by atoms with Crippen LogP contribution < -0.4 is 15.5 Å². The number of benzene rings is 1. The van der Waals surface area contributed by atoms with Gasteiger partial charge in [0.05, 0.1) is 11.9 Å². The van der Waals surface area contributed by atoms with Gasteiger partial charge in [-0.05, 0) is 73.6 Å². The number of nitrogens with zero attached hydrogens (tertiary/aromatic N) is 2. The molecule has 2 N–H and O–H groups in total. The second-order valence-electron chi connectivity index (χ2n) is 9.23. The summed E-state index contributed by atoms with van der Waals surface area (Å²) in [7, 11) is 0. The van der Waals surface area contributed by atoms with E-state index >= 15 is 0 Å². The second kappa shape index (κ2) is 10.2. The summed E-state index contributed by atoms with van der Waals surface area (Å²) in [4.78, 5) is 7.04. The highest BCUT2D eigenvalue weighted by molar-refractivity contribution is 7.80. The minimum atomic E-state index is 0.0857. The second-order valence-corrected chi connectivity index (χ2v) is 10.1. The first-order chi connectivity index (χ1) is 15.0. The van der Waals surface area contributed by atoms with Crippen molar-refractivity contribution < 1.29 is 0 Å². The van der Waals surface area contributed by atoms with E-state index in [9.17, 15) is 0 Å². The van der Waals surface area contributed by atoms with Crippen molar-refractivity contribution in [3.05, 3.63) is 53.2 Å². The van der Waals surface area contributed by atoms with Crippen molar-refractivity contribution in [3.63, 3.8) is 0 Å². The van der Waals surface area contributed by atoms with Crippen LogP contribution in [0.5, 0.6) is 0 Å². The number of aromatic nitrogens is 1. The molecule has 1 aromatic carbocycles. The van der Waals surface area contributed by atoms with Crippen molar-refractivity contribution in [2.24, 2.45) is 5.92 Å². The molecule has 4 nitrogen and oxygen atoms in total. The van der Waals surface area contributed by atoms with Gasteiger partial charge in [0.2, 0.25) is 0 Å². The van der Waals surface area contributed by atoms with Crippen LogP contribution in [0, 0.1) is 5.92 Å². The van der Waals surface area contributed by atoms with Gasteiger partial charge in [-0.1, -0.05) is 49.9 Å². The van der Waals surface area contributed by atoms with Crippen molar-refractivity contribution in [1.82, 2.24) is 10.3 Å². The molecule has 2 fully saturated rings. The zero-order chi connectivity index (χ0) is 21.7. The summed E-state index contributed by atoms with van der Waals surface area (Å²) < 4.78 is 0. The lowest BCUT2D eigenvalue weighted by molar-refractivity contribution is 0.292. The van der Waals surface area contributed by atoms with Crippen molar-refractivity contribution in [2.75, 3.05) is 29.9 Å². The average Bonchev–Trinajstić information content (AvgIpc) is 2.79. The number of piperidine rings is 1. The molecule has 0 spiro atoms. The lowest BCUT2D eigenvalue weighted by Gasteiger charge is -2.38. The fourth-order valence-corrected chi connectivity index (χ4v) is 5.30. The average molecular weight is 457 g/mol. The number of nitrogens with one attached hydrogen (secondary N) is 2. The molecule has 0 atom stereocenters. The molecule has 2 heterocycles. The molecule has 166 valence electrons. The molecule has 1 saturated heterocycles. The highest BCUT2D eigenvalue weighted by Crippen LogP contribution is 2.39. The molecule has 2 aromatic rings. The lowest BCUT2D eigenvalue weighted by atomic mass is 9.69. The third kappa shape index (κ3) is 5.69. The molecule has 31 heavy (non-hydrogen) atoms. The Morgan fingerprint density at radius 3 is 2.61 bits per heavy atom. The van der Waals surface area contributed by atoms with Gasteiger partial charge in [-0.3, -0.25) is 0 Å². The molecule has 0 radical (unpaired) electrons. The predicted octanol–water partition coefficient (Wildman–Crippen LogP) is 6.16. The number of halogens is 1. The van der Waals surface area contributed by atoms with E-state index in [1.165, 1.54) is 37.7 Å². The smallest absolute Gasteiger partial charge is 0.170 e. The van der Waals surface area contributed by atoms with Gasteiger partial charge < -0.3 is 15.5 Å². The van der Waals surface area contributed by atoms with Gasteiger partial charge in [-0.2, -0.15) is 0 Å². The molecule has 2 aliphatic rings. The number of anilines is 2. The van der Waals surface area contributed by atoms with Crippen molar-refractivity contribution >= 4 is 40.4 Å². The SMILES string of the molecule is CC1CCN(c2ccc(NC(=S)NCC3(c4cccc(Cl)c4)CCCCC3)cn2)CC1. The first kappa shape index (κ1) is 22.3. The molecular formula is C25H33ClN4S. The standard InChI is InChI=1S/C25H33ClN4S/c1-19-10-14-30(15-11-19)23-9-8-22(17-27-23)29-24(31)28-18-25(12-3-2-4-13-25)20-6-5-7-21(26)16-20/h5-9,16-17,19H,2-4,10-15,18H2,1H3,(H2,28,29,31). The van der Waals surface area contributed by atoms with Gasteiger partial charge in [0.1, 0.15) is 5.82 Å². The minimum absolute atomic E-state index is 0.0857. The highest BCUT2D eigenvalue weighted by Gasteiger charge is 2.34. The molecule has 0 unspecified atom stereocenters. The summed E-state index contributed by atoms with van der Waals surface area (Å²) in [5, 5.41) is 8.24. The van der Waals surface area contributed by atoms with Gasteiger partial charge in [0, 0.05) is 30.1 Å². The molecule has 6 heteroatoms. The topological polar surface area (TPSA) is 40.2 Å². The summed E-state index contributed by atoms with van der Waals surface area (Å²) >= 11 is 11.9. The zero-order valence-electron chi connectivity index (χ0n) is 18.4. The van der Waals surface area contributed by atoms with Gasteiger partial charge in [0.15, 0.2) is 5.11 Å². The van der Waals surface area contributed by atoms with Crippen LogP contribution in [-0.2, 0) is 5.41 Å². The fraction of sp³-hybridized carbons (Fsp3) is 0.520. The third-order valence-electron chi connectivity index (χ3n) is 6.95. The summed E-state index contributed by atoms with van der Waals surface area (Å²) in [6, 6.07) is 12.5. The van der Waals surface area contributed by atoms with Gasteiger partial charge in [-0.25, -0.2) is 4.98 Å². The first-order valence-corrected chi connectivity index (χ1v) is 12.3. The largest absolute Gasteiger partial charge is 0.362 e. The van der Waals surface area contributed by atoms with E-state index in [-0.39, 0.29) is 5.41 Å². The Balaban J connectivity index is 1.35. The van der Waals surface area contributed by atoms with Crippen LogP contribution in [0.1, 0.15) is 57.4 Å². The summed E-state index contributed by atoms with van der Waals surface area (Å²) in [6.45, 7) is 5.32. The van der Waals surface area contributed by atoms with Crippen LogP contribution in [0.15, 0.2) is 42.6 Å². The third-order valence-corrected chi connectivity index (χ3v) is 7.43. The van der Waals surface area contributed by atoms with Gasteiger partial charge in [0.25, 0.3) is 0 Å². The summed E-state index contributed by atoms with van der Waals surface area (Å²) in [5.41, 5.74) is 2.33. The van der Waals surface area contributed by atoms with Gasteiger partial charge >= 0.3 is 0 Å². The molecule has 1 aliphatic carbocycles. The molecule has 1 aromatic heterocycles. The Morgan fingerprint density at radius 2 is 1.94 bits per heavy atom. The molecular weight excluding hydrogens is 424 g/mol. The van der Waals surface area contributed by atoms with E-state index in [1.54, 1.807) is 0 Å². The fourth-order valence-electron chi connectivity index (χ4n) is 4.92. The predicted molar refractivity (Wildman–Crippen MR) is 135 cm³/mol. The number of pyridine rings is 1. The molecule has 1 saturated carbocycles. The van der Waals surface area contributed by atoms with Crippen LogP contribution >= 0.6 is 23.8 Å². The molecule has 4 rings (SSSR count). The Hall–Kier alpha value is -1.85. The maximum Gasteiger partial charge on any atom is 0.170 e. The van der Waals surface area contributed by atoms with E-state index in [4.69, 9.17) is 23.8 Å². The number of hydrogen-bond acceptors (Lipinski definition) is 3. The Kier molecular flexibility index (Phi) is 7.34. The minimum Gasteiger partial charge on any atom is -0.362 e. The molecule has 0 amide bonds. The summed E-state index contributed by atoms with van der Waals surface area (Å²) in [5.74, 6) is 1.87. The van der Waals surface area contributed by atoms with E-state index in [2.05, 4.69) is 57.8 Å². The van der Waals surface area contributed by atoms with E-state index in [0.717, 1.165) is 54.9 Å². The maximum absolute atomic E-state index is 6.30. The molecule has 0 bridgehead atoms. The molecule has 1 aliphatic heterocycles. The first-order valence-electron chi connectivity index (χ1n) is 11.6. The van der Waals surface area contributed by atoms with Crippen LogP contribution in [0.3, 0.4) is 0 Å². The Bertz CT molecular complexity index is 871. The Labute approximate surface area is 196 Å². The summed E-state index contributed by atoms with van der Waals surface area (Å²) in [6.07, 6.45) is 10.5. The van der Waals surface area contributed by atoms with Crippen molar-refractivity contribution in [1.29, 1.82) is 0 Å². The van der Waals surface area contributed by atoms with Crippen molar-refractivity contribution in [3.8, 4) is 0 Å². The lowest BCUT2D eigenvalue weighted by Crippen LogP contribution is -2.43. The van der Waals surface area contributed by atoms with Crippen LogP contribution in [0.25, 0.3) is 0 Å². The van der Waals surface area contributed by atoms with Crippen LogP contribution in [0.4, 0.5) is 11.5 Å². The number of thiocarbonyl (C=S) groups is 1. The quantitative estimate of drug-likeness (QED) is 0.527. The Morgan fingerprint density at radius 1 is 1.16 bits per heavy atom. The maximum atomic E-state index is 6.30. The normalized spacial score (nSPS) is 19.1. The van der Waals surface area contributed by atoms with E-state index in [0.29, 0.717) is 5.11 Å². The highest BCUT2D eigenvalue weighted by atomic mass is 35.5.